The number of carbonyl (C=O) groups is 1. The van der Waals surface area contributed by atoms with Crippen molar-refractivity contribution in [2.24, 2.45) is 0 Å². The predicted octanol–water partition coefficient (Wildman–Crippen LogP) is 3.53. The Kier molecular flexibility index (Phi) is 3.48. The van der Waals surface area contributed by atoms with E-state index >= 15 is 0 Å². The summed E-state index contributed by atoms with van der Waals surface area (Å²) in [5.74, 6) is -0.425. The third-order valence-corrected chi connectivity index (χ3v) is 2.68. The molecule has 1 N–H and O–H groups in total. The maximum Gasteiger partial charge on any atom is 0.341 e. The molecule has 0 aliphatic heterocycles. The van der Waals surface area contributed by atoms with E-state index in [-0.39, 0.29) is 16.3 Å². The number of hydrogen-bond donors (Lipinski definition) is 1. The van der Waals surface area contributed by atoms with Crippen molar-refractivity contribution in [3.63, 3.8) is 0 Å². The number of carboxylic acid groups (broad SMARTS) is 1. The van der Waals surface area contributed by atoms with Gasteiger partial charge < -0.3 is 9.84 Å². The van der Waals surface area contributed by atoms with Gasteiger partial charge in [-0.05, 0) is 31.2 Å². The zero-order valence-electron chi connectivity index (χ0n) is 9.55. The lowest BCUT2D eigenvalue weighted by Gasteiger charge is -2.10. The summed E-state index contributed by atoms with van der Waals surface area (Å²) in [6, 6.07) is 8.13. The second-order valence-electron chi connectivity index (χ2n) is 3.61. The second-order valence-corrected chi connectivity index (χ2v) is 4.01. The van der Waals surface area contributed by atoms with Gasteiger partial charge in [-0.3, -0.25) is 4.98 Å². The lowest BCUT2D eigenvalue weighted by atomic mass is 10.2. The molecule has 0 aliphatic rings. The summed E-state index contributed by atoms with van der Waals surface area (Å²) >= 11 is 5.85. The quantitative estimate of drug-likeness (QED) is 0.920. The first-order chi connectivity index (χ1) is 8.59. The monoisotopic (exact) mass is 263 g/mol. The van der Waals surface area contributed by atoms with Crippen molar-refractivity contribution in [2.75, 3.05) is 0 Å². The van der Waals surface area contributed by atoms with Crippen LogP contribution in [0.25, 0.3) is 0 Å². The summed E-state index contributed by atoms with van der Waals surface area (Å²) in [7, 11) is 0. The van der Waals surface area contributed by atoms with Crippen LogP contribution in [0.3, 0.4) is 0 Å². The van der Waals surface area contributed by atoms with E-state index in [4.69, 9.17) is 21.4 Å². The highest BCUT2D eigenvalue weighted by Crippen LogP contribution is 2.31. The first-order valence-electron chi connectivity index (χ1n) is 5.21. The number of ether oxygens (including phenoxy) is 1. The average Bonchev–Trinajstić information content (AvgIpc) is 2.31. The average molecular weight is 264 g/mol. The number of aryl methyl sites for hydroxylation is 1. The fourth-order valence-corrected chi connectivity index (χ4v) is 1.74. The highest BCUT2D eigenvalue weighted by Gasteiger charge is 2.16. The molecule has 0 radical (unpaired) electrons. The van der Waals surface area contributed by atoms with Crippen LogP contribution in [0, 0.1) is 6.92 Å². The van der Waals surface area contributed by atoms with Crippen LogP contribution in [0.1, 0.15) is 16.1 Å². The van der Waals surface area contributed by atoms with Gasteiger partial charge in [-0.1, -0.05) is 17.7 Å². The molecule has 0 saturated heterocycles. The highest BCUT2D eigenvalue weighted by atomic mass is 35.5. The van der Waals surface area contributed by atoms with Crippen LogP contribution < -0.4 is 4.74 Å². The van der Waals surface area contributed by atoms with E-state index in [1.807, 2.05) is 0 Å². The van der Waals surface area contributed by atoms with E-state index in [0.717, 1.165) is 0 Å². The third kappa shape index (κ3) is 2.43. The molecule has 18 heavy (non-hydrogen) atoms. The summed E-state index contributed by atoms with van der Waals surface area (Å²) in [4.78, 5) is 15.2. The highest BCUT2D eigenvalue weighted by molar-refractivity contribution is 6.33. The molecule has 5 heteroatoms. The van der Waals surface area contributed by atoms with E-state index in [2.05, 4.69) is 4.98 Å². The van der Waals surface area contributed by atoms with E-state index in [1.54, 1.807) is 37.4 Å². The second kappa shape index (κ2) is 5.06. The molecular formula is C13H10ClNO3. The molecule has 2 aromatic rings. The molecule has 0 bridgehead atoms. The topological polar surface area (TPSA) is 59.4 Å². The summed E-state index contributed by atoms with van der Waals surface area (Å²) in [6.07, 6.45) is 1.64. The molecule has 1 heterocycles. The molecule has 0 aliphatic carbocycles. The van der Waals surface area contributed by atoms with E-state index < -0.39 is 5.97 Å². The largest absolute Gasteiger partial charge is 0.478 e. The third-order valence-electron chi connectivity index (χ3n) is 2.37. The van der Waals surface area contributed by atoms with Crippen LogP contribution in [0.2, 0.25) is 5.02 Å². The Hall–Kier alpha value is -2.07. The number of rotatable bonds is 3. The zero-order valence-corrected chi connectivity index (χ0v) is 10.3. The minimum Gasteiger partial charge on any atom is -0.478 e. The van der Waals surface area contributed by atoms with E-state index in [9.17, 15) is 4.79 Å². The smallest absolute Gasteiger partial charge is 0.341 e. The van der Waals surface area contributed by atoms with Gasteiger partial charge in [-0.2, -0.15) is 0 Å². The van der Waals surface area contributed by atoms with Crippen LogP contribution in [0.5, 0.6) is 11.5 Å². The number of pyridine rings is 1. The molecule has 0 saturated carbocycles. The van der Waals surface area contributed by atoms with Crippen molar-refractivity contribution in [1.29, 1.82) is 0 Å². The lowest BCUT2D eigenvalue weighted by molar-refractivity contribution is 0.0694. The molecule has 4 nitrogen and oxygen atoms in total. The number of aromatic carboxylic acids is 1. The summed E-state index contributed by atoms with van der Waals surface area (Å²) in [6.45, 7) is 1.78. The fourth-order valence-electron chi connectivity index (χ4n) is 1.49. The SMILES string of the molecule is Cc1ncccc1Oc1cccc(Cl)c1C(=O)O. The predicted molar refractivity (Wildman–Crippen MR) is 67.5 cm³/mol. The van der Waals surface area contributed by atoms with Gasteiger partial charge in [0.1, 0.15) is 17.1 Å². The molecule has 1 aromatic heterocycles. The van der Waals surface area contributed by atoms with Crippen molar-refractivity contribution in [1.82, 2.24) is 4.98 Å². The fraction of sp³-hybridized carbons (Fsp3) is 0.0769. The van der Waals surface area contributed by atoms with Gasteiger partial charge in [0, 0.05) is 6.20 Å². The number of hydrogen-bond acceptors (Lipinski definition) is 3. The number of aromatic nitrogens is 1. The maximum absolute atomic E-state index is 11.1. The molecule has 0 amide bonds. The Bertz CT molecular complexity index is 599. The lowest BCUT2D eigenvalue weighted by Crippen LogP contribution is -2.01. The van der Waals surface area contributed by atoms with Crippen LogP contribution >= 0.6 is 11.6 Å². The minimum atomic E-state index is -1.13. The van der Waals surface area contributed by atoms with Crippen LogP contribution in [-0.4, -0.2) is 16.1 Å². The van der Waals surface area contributed by atoms with Gasteiger partial charge in [0.15, 0.2) is 0 Å². The van der Waals surface area contributed by atoms with Crippen LogP contribution in [0.4, 0.5) is 0 Å². The van der Waals surface area contributed by atoms with Gasteiger partial charge in [-0.25, -0.2) is 4.79 Å². The Morgan fingerprint density at radius 3 is 2.67 bits per heavy atom. The van der Waals surface area contributed by atoms with Crippen molar-refractivity contribution in [2.45, 2.75) is 6.92 Å². The van der Waals surface area contributed by atoms with Crippen molar-refractivity contribution >= 4 is 17.6 Å². The van der Waals surface area contributed by atoms with Gasteiger partial charge in [-0.15, -0.1) is 0 Å². The summed E-state index contributed by atoms with van der Waals surface area (Å²) in [5.41, 5.74) is 0.622. The van der Waals surface area contributed by atoms with Crippen molar-refractivity contribution in [3.8, 4) is 11.5 Å². The Morgan fingerprint density at radius 2 is 2.00 bits per heavy atom. The Balaban J connectivity index is 2.44. The first-order valence-corrected chi connectivity index (χ1v) is 5.58. The summed E-state index contributed by atoms with van der Waals surface area (Å²) < 4.78 is 5.55. The standard InChI is InChI=1S/C13H10ClNO3/c1-8-10(6-3-7-15-8)18-11-5-2-4-9(14)12(11)13(16)17/h2-7H,1H3,(H,16,17). The molecule has 0 spiro atoms. The minimum absolute atomic E-state index is 0.0533. The van der Waals surface area contributed by atoms with Crippen LogP contribution in [0.15, 0.2) is 36.5 Å². The molecular weight excluding hydrogens is 254 g/mol. The first kappa shape index (κ1) is 12.4. The van der Waals surface area contributed by atoms with Gasteiger partial charge in [0.2, 0.25) is 0 Å². The van der Waals surface area contributed by atoms with Gasteiger partial charge in [0.05, 0.1) is 10.7 Å². The van der Waals surface area contributed by atoms with Crippen LogP contribution in [-0.2, 0) is 0 Å². The molecule has 1 aromatic carbocycles. The van der Waals surface area contributed by atoms with Gasteiger partial charge >= 0.3 is 5.97 Å². The number of carboxylic acids is 1. The molecule has 0 fully saturated rings. The number of halogens is 1. The van der Waals surface area contributed by atoms with E-state index in [1.165, 1.54) is 6.07 Å². The normalized spacial score (nSPS) is 10.1. The number of benzene rings is 1. The number of nitrogens with zero attached hydrogens (tertiary/aromatic N) is 1. The molecule has 0 atom stereocenters. The Labute approximate surface area is 109 Å². The zero-order chi connectivity index (χ0) is 13.1. The van der Waals surface area contributed by atoms with E-state index in [0.29, 0.717) is 11.4 Å². The van der Waals surface area contributed by atoms with Gasteiger partial charge in [0.25, 0.3) is 0 Å². The molecule has 92 valence electrons. The molecule has 2 rings (SSSR count). The molecule has 0 unspecified atom stereocenters. The summed E-state index contributed by atoms with van der Waals surface area (Å²) in [5, 5.41) is 9.25. The maximum atomic E-state index is 11.1. The van der Waals surface area contributed by atoms with Crippen molar-refractivity contribution < 1.29 is 14.6 Å². The Morgan fingerprint density at radius 1 is 1.28 bits per heavy atom. The van der Waals surface area contributed by atoms with Crippen molar-refractivity contribution in [3.05, 3.63) is 52.8 Å².